The van der Waals surface area contributed by atoms with E-state index in [0.29, 0.717) is 0 Å². The number of ether oxygens (including phenoxy) is 1. The molecule has 82 valence electrons. The molecule has 1 unspecified atom stereocenters. The SMILES string of the molecule is O=C(O)Cc1cn[nH]c1C1CCCCO1. The van der Waals surface area contributed by atoms with Gasteiger partial charge in [0.15, 0.2) is 0 Å². The Hall–Kier alpha value is -1.36. The lowest BCUT2D eigenvalue weighted by Gasteiger charge is -2.22. The molecule has 1 saturated heterocycles. The number of hydrogen-bond donors (Lipinski definition) is 2. The summed E-state index contributed by atoms with van der Waals surface area (Å²) in [6.07, 6.45) is 4.72. The van der Waals surface area contributed by atoms with Crippen LogP contribution < -0.4 is 0 Å². The van der Waals surface area contributed by atoms with Crippen LogP contribution in [-0.2, 0) is 16.0 Å². The van der Waals surface area contributed by atoms with E-state index in [1.165, 1.54) is 0 Å². The van der Waals surface area contributed by atoms with Crippen molar-refractivity contribution in [1.82, 2.24) is 10.2 Å². The second kappa shape index (κ2) is 4.44. The number of aromatic amines is 1. The predicted molar refractivity (Wildman–Crippen MR) is 52.5 cm³/mol. The average molecular weight is 210 g/mol. The summed E-state index contributed by atoms with van der Waals surface area (Å²) in [5, 5.41) is 15.5. The molecule has 0 radical (unpaired) electrons. The largest absolute Gasteiger partial charge is 0.481 e. The fourth-order valence-electron chi connectivity index (χ4n) is 1.87. The van der Waals surface area contributed by atoms with Gasteiger partial charge in [-0.25, -0.2) is 0 Å². The standard InChI is InChI=1S/C10H14N2O3/c13-9(14)5-7-6-11-12-10(7)8-3-1-2-4-15-8/h6,8H,1-5H2,(H,11,12)(H,13,14). The van der Waals surface area contributed by atoms with Crippen LogP contribution in [0.1, 0.15) is 36.6 Å². The van der Waals surface area contributed by atoms with Gasteiger partial charge in [-0.3, -0.25) is 9.89 Å². The van der Waals surface area contributed by atoms with E-state index in [9.17, 15) is 4.79 Å². The number of nitrogens with zero attached hydrogens (tertiary/aromatic N) is 1. The van der Waals surface area contributed by atoms with Gasteiger partial charge in [0.05, 0.1) is 24.4 Å². The lowest BCUT2D eigenvalue weighted by molar-refractivity contribution is -0.136. The summed E-state index contributed by atoms with van der Waals surface area (Å²) in [6.45, 7) is 0.746. The Bertz CT molecular complexity index is 342. The molecule has 1 aliphatic heterocycles. The number of aliphatic carboxylic acids is 1. The minimum absolute atomic E-state index is 0.00407. The van der Waals surface area contributed by atoms with Crippen molar-refractivity contribution in [2.75, 3.05) is 6.61 Å². The average Bonchev–Trinajstić information content (AvgIpc) is 2.66. The molecule has 1 aromatic heterocycles. The highest BCUT2D eigenvalue weighted by molar-refractivity contribution is 5.70. The maximum Gasteiger partial charge on any atom is 0.307 e. The van der Waals surface area contributed by atoms with Gasteiger partial charge < -0.3 is 9.84 Å². The van der Waals surface area contributed by atoms with Crippen molar-refractivity contribution in [2.24, 2.45) is 0 Å². The number of aromatic nitrogens is 2. The molecule has 0 amide bonds. The number of H-pyrrole nitrogens is 1. The third-order valence-corrected chi connectivity index (χ3v) is 2.59. The fourth-order valence-corrected chi connectivity index (χ4v) is 1.87. The Balaban J connectivity index is 2.12. The van der Waals surface area contributed by atoms with E-state index in [0.717, 1.165) is 37.1 Å². The number of nitrogens with one attached hydrogen (secondary N) is 1. The molecule has 0 spiro atoms. The maximum absolute atomic E-state index is 10.6. The van der Waals surface area contributed by atoms with Crippen LogP contribution in [0.3, 0.4) is 0 Å². The molecule has 1 aliphatic rings. The first-order valence-corrected chi connectivity index (χ1v) is 5.13. The fraction of sp³-hybridized carbons (Fsp3) is 0.600. The monoisotopic (exact) mass is 210 g/mol. The minimum Gasteiger partial charge on any atom is -0.481 e. The Morgan fingerprint density at radius 3 is 3.20 bits per heavy atom. The van der Waals surface area contributed by atoms with Crippen LogP contribution in [0.15, 0.2) is 6.20 Å². The number of hydrogen-bond acceptors (Lipinski definition) is 3. The summed E-state index contributed by atoms with van der Waals surface area (Å²) in [5.74, 6) is -0.839. The molecule has 15 heavy (non-hydrogen) atoms. The predicted octanol–water partition coefficient (Wildman–Crippen LogP) is 1.28. The summed E-state index contributed by atoms with van der Waals surface area (Å²) in [4.78, 5) is 10.6. The van der Waals surface area contributed by atoms with Crippen molar-refractivity contribution in [3.05, 3.63) is 17.5 Å². The molecule has 0 saturated carbocycles. The van der Waals surface area contributed by atoms with Crippen molar-refractivity contribution < 1.29 is 14.6 Å². The second-order valence-electron chi connectivity index (χ2n) is 3.73. The molecule has 1 aromatic rings. The van der Waals surface area contributed by atoms with E-state index < -0.39 is 5.97 Å². The van der Waals surface area contributed by atoms with Crippen LogP contribution in [-0.4, -0.2) is 27.9 Å². The van der Waals surface area contributed by atoms with E-state index in [1.54, 1.807) is 6.20 Å². The van der Waals surface area contributed by atoms with Crippen molar-refractivity contribution in [1.29, 1.82) is 0 Å². The highest BCUT2D eigenvalue weighted by Gasteiger charge is 2.21. The zero-order chi connectivity index (χ0) is 10.7. The van der Waals surface area contributed by atoms with Crippen LogP contribution in [0.25, 0.3) is 0 Å². The molecular weight excluding hydrogens is 196 g/mol. The second-order valence-corrected chi connectivity index (χ2v) is 3.73. The van der Waals surface area contributed by atoms with Crippen LogP contribution in [0.5, 0.6) is 0 Å². The molecular formula is C10H14N2O3. The van der Waals surface area contributed by atoms with Crippen LogP contribution in [0.2, 0.25) is 0 Å². The highest BCUT2D eigenvalue weighted by atomic mass is 16.5. The van der Waals surface area contributed by atoms with Gasteiger partial charge in [-0.15, -0.1) is 0 Å². The number of carbonyl (C=O) groups is 1. The molecule has 2 heterocycles. The van der Waals surface area contributed by atoms with Gasteiger partial charge in [-0.05, 0) is 19.3 Å². The van der Waals surface area contributed by atoms with Crippen molar-refractivity contribution in [2.45, 2.75) is 31.8 Å². The van der Waals surface area contributed by atoms with Gasteiger partial charge in [0, 0.05) is 12.2 Å². The molecule has 5 nitrogen and oxygen atoms in total. The maximum atomic E-state index is 10.6. The summed E-state index contributed by atoms with van der Waals surface area (Å²) in [6, 6.07) is 0. The molecule has 2 N–H and O–H groups in total. The zero-order valence-electron chi connectivity index (χ0n) is 8.40. The lowest BCUT2D eigenvalue weighted by Crippen LogP contribution is -2.14. The Labute approximate surface area is 87.4 Å². The highest BCUT2D eigenvalue weighted by Crippen LogP contribution is 2.28. The molecule has 1 atom stereocenters. The number of carboxylic acid groups (broad SMARTS) is 1. The van der Waals surface area contributed by atoms with Gasteiger partial charge in [-0.2, -0.15) is 5.10 Å². The van der Waals surface area contributed by atoms with E-state index in [-0.39, 0.29) is 12.5 Å². The molecule has 2 rings (SSSR count). The number of carboxylic acids is 1. The normalized spacial score (nSPS) is 21.5. The van der Waals surface area contributed by atoms with Gasteiger partial charge in [0.1, 0.15) is 0 Å². The van der Waals surface area contributed by atoms with E-state index in [1.807, 2.05) is 0 Å². The molecule has 0 aliphatic carbocycles. The molecule has 0 aromatic carbocycles. The van der Waals surface area contributed by atoms with Crippen molar-refractivity contribution in [3.63, 3.8) is 0 Å². The first-order chi connectivity index (χ1) is 7.27. The van der Waals surface area contributed by atoms with Crippen molar-refractivity contribution >= 4 is 5.97 Å². The summed E-state index contributed by atoms with van der Waals surface area (Å²) >= 11 is 0. The Morgan fingerprint density at radius 1 is 1.67 bits per heavy atom. The minimum atomic E-state index is -0.839. The molecule has 1 fully saturated rings. The summed E-state index contributed by atoms with van der Waals surface area (Å²) < 4.78 is 5.58. The summed E-state index contributed by atoms with van der Waals surface area (Å²) in [7, 11) is 0. The lowest BCUT2D eigenvalue weighted by atomic mass is 10.0. The van der Waals surface area contributed by atoms with Crippen LogP contribution in [0, 0.1) is 0 Å². The van der Waals surface area contributed by atoms with E-state index in [4.69, 9.17) is 9.84 Å². The van der Waals surface area contributed by atoms with E-state index >= 15 is 0 Å². The first kappa shape index (κ1) is 10.2. The zero-order valence-corrected chi connectivity index (χ0v) is 8.40. The quantitative estimate of drug-likeness (QED) is 0.788. The van der Waals surface area contributed by atoms with Gasteiger partial charge >= 0.3 is 5.97 Å². The first-order valence-electron chi connectivity index (χ1n) is 5.13. The topological polar surface area (TPSA) is 75.2 Å². The third kappa shape index (κ3) is 2.36. The Morgan fingerprint density at radius 2 is 2.53 bits per heavy atom. The van der Waals surface area contributed by atoms with Crippen LogP contribution in [0.4, 0.5) is 0 Å². The van der Waals surface area contributed by atoms with Gasteiger partial charge in [0.25, 0.3) is 0 Å². The summed E-state index contributed by atoms with van der Waals surface area (Å²) in [5.41, 5.74) is 1.56. The Kier molecular flexibility index (Phi) is 3.01. The van der Waals surface area contributed by atoms with Crippen molar-refractivity contribution in [3.8, 4) is 0 Å². The third-order valence-electron chi connectivity index (χ3n) is 2.59. The smallest absolute Gasteiger partial charge is 0.307 e. The van der Waals surface area contributed by atoms with Gasteiger partial charge in [0.2, 0.25) is 0 Å². The molecule has 5 heteroatoms. The van der Waals surface area contributed by atoms with Crippen LogP contribution >= 0.6 is 0 Å². The van der Waals surface area contributed by atoms with Gasteiger partial charge in [-0.1, -0.05) is 0 Å². The number of rotatable bonds is 3. The molecule has 0 bridgehead atoms. The van der Waals surface area contributed by atoms with E-state index in [2.05, 4.69) is 10.2 Å².